The van der Waals surface area contributed by atoms with Crippen LogP contribution in [-0.2, 0) is 0 Å². The van der Waals surface area contributed by atoms with Crippen LogP contribution in [0.2, 0.25) is 0 Å². The maximum Gasteiger partial charge on any atom is 0.336 e. The molecule has 2 aromatic rings. The van der Waals surface area contributed by atoms with E-state index in [0.717, 1.165) is 0 Å². The van der Waals surface area contributed by atoms with Crippen LogP contribution in [0.4, 0.5) is 11.4 Å². The van der Waals surface area contributed by atoms with Gasteiger partial charge in [-0.15, -0.1) is 0 Å². The molecular weight excluding hydrogens is 260 g/mol. The van der Waals surface area contributed by atoms with Gasteiger partial charge >= 0.3 is 11.9 Å². The van der Waals surface area contributed by atoms with Gasteiger partial charge in [-0.25, -0.2) is 9.59 Å². The molecule has 20 heavy (non-hydrogen) atoms. The molecule has 2 aromatic carbocycles. The van der Waals surface area contributed by atoms with Gasteiger partial charge in [-0.05, 0) is 47.5 Å². The van der Waals surface area contributed by atoms with Crippen LogP contribution < -0.4 is 11.5 Å². The molecule has 0 fully saturated rings. The van der Waals surface area contributed by atoms with Gasteiger partial charge in [0.1, 0.15) is 0 Å². The second-order valence-electron chi connectivity index (χ2n) is 4.22. The van der Waals surface area contributed by atoms with E-state index < -0.39 is 11.9 Å². The molecule has 0 aromatic heterocycles. The molecule has 6 nitrogen and oxygen atoms in total. The third-order valence-corrected chi connectivity index (χ3v) is 2.84. The van der Waals surface area contributed by atoms with E-state index in [1.54, 1.807) is 0 Å². The first kappa shape index (κ1) is 13.4. The summed E-state index contributed by atoms with van der Waals surface area (Å²) in [4.78, 5) is 22.5. The summed E-state index contributed by atoms with van der Waals surface area (Å²) in [6.07, 6.45) is 0. The summed E-state index contributed by atoms with van der Waals surface area (Å²) in [7, 11) is 0. The predicted molar refractivity (Wildman–Crippen MR) is 74.6 cm³/mol. The average molecular weight is 272 g/mol. The quantitative estimate of drug-likeness (QED) is 0.632. The second kappa shape index (κ2) is 4.93. The molecule has 0 bridgehead atoms. The molecule has 102 valence electrons. The molecule has 0 spiro atoms. The maximum atomic E-state index is 11.3. The van der Waals surface area contributed by atoms with Gasteiger partial charge in [-0.3, -0.25) is 0 Å². The minimum Gasteiger partial charge on any atom is -0.478 e. The van der Waals surface area contributed by atoms with Crippen molar-refractivity contribution in [3.05, 3.63) is 47.5 Å². The van der Waals surface area contributed by atoms with E-state index in [-0.39, 0.29) is 22.3 Å². The Morgan fingerprint density at radius 3 is 1.40 bits per heavy atom. The predicted octanol–water partition coefficient (Wildman–Crippen LogP) is 1.91. The standard InChI is InChI=1S/C14H12N2O4/c15-7-1-3-9(13(17)18)11(5-7)12-6-8(16)2-4-10(12)14(19)20/h1-6H,15-16H2,(H,17,18)(H,19,20). The number of rotatable bonds is 3. The highest BCUT2D eigenvalue weighted by atomic mass is 16.4. The van der Waals surface area contributed by atoms with Crippen molar-refractivity contribution in [2.75, 3.05) is 11.5 Å². The molecule has 6 N–H and O–H groups in total. The van der Waals surface area contributed by atoms with Crippen molar-refractivity contribution < 1.29 is 19.8 Å². The zero-order chi connectivity index (χ0) is 14.9. The van der Waals surface area contributed by atoms with Gasteiger partial charge in [-0.2, -0.15) is 0 Å². The van der Waals surface area contributed by atoms with Crippen molar-refractivity contribution in [2.24, 2.45) is 0 Å². The highest BCUT2D eigenvalue weighted by molar-refractivity contribution is 6.03. The first-order valence-corrected chi connectivity index (χ1v) is 5.66. The Bertz CT molecular complexity index is 649. The van der Waals surface area contributed by atoms with E-state index in [2.05, 4.69) is 0 Å². The van der Waals surface area contributed by atoms with Crippen molar-refractivity contribution in [1.82, 2.24) is 0 Å². The smallest absolute Gasteiger partial charge is 0.336 e. The third-order valence-electron chi connectivity index (χ3n) is 2.84. The Labute approximate surface area is 114 Å². The molecule has 0 aliphatic rings. The summed E-state index contributed by atoms with van der Waals surface area (Å²) in [5, 5.41) is 18.4. The van der Waals surface area contributed by atoms with Gasteiger partial charge in [-0.1, -0.05) is 0 Å². The van der Waals surface area contributed by atoms with Crippen molar-refractivity contribution in [3.8, 4) is 11.1 Å². The molecule has 0 heterocycles. The molecule has 0 aliphatic heterocycles. The van der Waals surface area contributed by atoms with Gasteiger partial charge in [0.15, 0.2) is 0 Å². The highest BCUT2D eigenvalue weighted by Gasteiger charge is 2.18. The number of aromatic carboxylic acids is 2. The van der Waals surface area contributed by atoms with Crippen molar-refractivity contribution >= 4 is 23.3 Å². The third kappa shape index (κ3) is 2.39. The lowest BCUT2D eigenvalue weighted by molar-refractivity contribution is 0.0684. The van der Waals surface area contributed by atoms with Crippen LogP contribution in [0, 0.1) is 0 Å². The summed E-state index contributed by atoms with van der Waals surface area (Å²) >= 11 is 0. The first-order chi connectivity index (χ1) is 9.40. The lowest BCUT2D eigenvalue weighted by Crippen LogP contribution is -2.05. The van der Waals surface area contributed by atoms with Crippen LogP contribution in [0.1, 0.15) is 20.7 Å². The van der Waals surface area contributed by atoms with Gasteiger partial charge in [0.05, 0.1) is 11.1 Å². The van der Waals surface area contributed by atoms with E-state index in [9.17, 15) is 19.8 Å². The fraction of sp³-hybridized carbons (Fsp3) is 0. The van der Waals surface area contributed by atoms with Crippen LogP contribution in [0.15, 0.2) is 36.4 Å². The Morgan fingerprint density at radius 1 is 0.750 bits per heavy atom. The van der Waals surface area contributed by atoms with E-state index >= 15 is 0 Å². The summed E-state index contributed by atoms with van der Waals surface area (Å²) in [5.74, 6) is -2.34. The normalized spacial score (nSPS) is 10.2. The van der Waals surface area contributed by atoms with Gasteiger partial charge in [0.25, 0.3) is 0 Å². The molecule has 0 saturated heterocycles. The average Bonchev–Trinajstić information content (AvgIpc) is 2.37. The molecule has 0 radical (unpaired) electrons. The molecule has 0 unspecified atom stereocenters. The van der Waals surface area contributed by atoms with Crippen LogP contribution in [0.5, 0.6) is 0 Å². The van der Waals surface area contributed by atoms with E-state index in [1.165, 1.54) is 36.4 Å². The van der Waals surface area contributed by atoms with Crippen LogP contribution in [0.25, 0.3) is 11.1 Å². The zero-order valence-corrected chi connectivity index (χ0v) is 10.3. The topological polar surface area (TPSA) is 127 Å². The summed E-state index contributed by atoms with van der Waals surface area (Å²) in [6.45, 7) is 0. The number of anilines is 2. The van der Waals surface area contributed by atoms with E-state index in [0.29, 0.717) is 11.4 Å². The van der Waals surface area contributed by atoms with E-state index in [1.807, 2.05) is 0 Å². The van der Waals surface area contributed by atoms with E-state index in [4.69, 9.17) is 11.5 Å². The monoisotopic (exact) mass is 272 g/mol. The number of hydrogen-bond acceptors (Lipinski definition) is 4. The van der Waals surface area contributed by atoms with Crippen LogP contribution >= 0.6 is 0 Å². The molecule has 0 atom stereocenters. The fourth-order valence-corrected chi connectivity index (χ4v) is 1.94. The van der Waals surface area contributed by atoms with Crippen LogP contribution in [0.3, 0.4) is 0 Å². The Kier molecular flexibility index (Phi) is 3.30. The highest BCUT2D eigenvalue weighted by Crippen LogP contribution is 2.31. The number of carboxylic acid groups (broad SMARTS) is 2. The second-order valence-corrected chi connectivity index (χ2v) is 4.22. The number of hydrogen-bond donors (Lipinski definition) is 4. The minimum absolute atomic E-state index is 0.0349. The maximum absolute atomic E-state index is 11.3. The lowest BCUT2D eigenvalue weighted by atomic mass is 9.94. The molecule has 0 saturated carbocycles. The van der Waals surface area contributed by atoms with Crippen molar-refractivity contribution in [3.63, 3.8) is 0 Å². The summed E-state index contributed by atoms with van der Waals surface area (Å²) in [6, 6.07) is 8.40. The van der Waals surface area contributed by atoms with Crippen molar-refractivity contribution in [2.45, 2.75) is 0 Å². The largest absolute Gasteiger partial charge is 0.478 e. The van der Waals surface area contributed by atoms with Gasteiger partial charge < -0.3 is 21.7 Å². The number of benzene rings is 2. The molecular formula is C14H12N2O4. The number of carbonyl (C=O) groups is 2. The zero-order valence-electron chi connectivity index (χ0n) is 10.3. The summed E-state index contributed by atoms with van der Waals surface area (Å²) < 4.78 is 0. The van der Waals surface area contributed by atoms with Gasteiger partial charge in [0, 0.05) is 11.4 Å². The number of carboxylic acids is 2. The molecule has 0 aliphatic carbocycles. The van der Waals surface area contributed by atoms with Crippen LogP contribution in [-0.4, -0.2) is 22.2 Å². The first-order valence-electron chi connectivity index (χ1n) is 5.66. The Morgan fingerprint density at radius 2 is 1.10 bits per heavy atom. The SMILES string of the molecule is Nc1ccc(C(=O)O)c(-c2cc(N)ccc2C(=O)O)c1. The lowest BCUT2D eigenvalue weighted by Gasteiger charge is -2.11. The molecule has 0 amide bonds. The van der Waals surface area contributed by atoms with Gasteiger partial charge in [0.2, 0.25) is 0 Å². The Balaban J connectivity index is 2.79. The fourth-order valence-electron chi connectivity index (χ4n) is 1.94. The van der Waals surface area contributed by atoms with Crippen molar-refractivity contribution in [1.29, 1.82) is 0 Å². The molecule has 2 rings (SSSR count). The summed E-state index contributed by atoms with van der Waals surface area (Å²) in [5.41, 5.74) is 12.4. The number of nitrogens with two attached hydrogens (primary N) is 2. The number of nitrogen functional groups attached to an aromatic ring is 2. The molecule has 6 heteroatoms. The Hall–Kier alpha value is -3.02. The minimum atomic E-state index is -1.17.